The molecule has 1 heterocycles. The number of hydrogen-bond acceptors (Lipinski definition) is 2. The van der Waals surface area contributed by atoms with E-state index in [1.165, 1.54) is 0 Å². The smallest absolute Gasteiger partial charge is 0.274 e. The normalized spacial score (nSPS) is 12.2. The summed E-state index contributed by atoms with van der Waals surface area (Å²) < 4.78 is 0. The third-order valence-electron chi connectivity index (χ3n) is 3.11. The van der Waals surface area contributed by atoms with Gasteiger partial charge in [0, 0.05) is 12.7 Å². The van der Waals surface area contributed by atoms with Gasteiger partial charge in [0.1, 0.15) is 5.69 Å². The average Bonchev–Trinajstić information content (AvgIpc) is 2.84. The third-order valence-corrected chi connectivity index (χ3v) is 3.11. The van der Waals surface area contributed by atoms with E-state index in [9.17, 15) is 4.79 Å². The molecule has 0 fully saturated rings. The number of nitrogens with one attached hydrogen (secondary N) is 1. The van der Waals surface area contributed by atoms with Crippen molar-refractivity contribution in [2.24, 2.45) is 0 Å². The lowest BCUT2D eigenvalue weighted by Crippen LogP contribution is -2.29. The van der Waals surface area contributed by atoms with Gasteiger partial charge < -0.3 is 4.90 Å². The number of rotatable bonds is 3. The fraction of sp³-hybridized carbons (Fsp3) is 0.286. The van der Waals surface area contributed by atoms with Crippen molar-refractivity contribution >= 4 is 5.91 Å². The number of carbonyl (C=O) groups is 1. The van der Waals surface area contributed by atoms with Gasteiger partial charge in [0.15, 0.2) is 0 Å². The van der Waals surface area contributed by atoms with Gasteiger partial charge in [0.2, 0.25) is 0 Å². The van der Waals surface area contributed by atoms with Crippen LogP contribution in [-0.2, 0) is 0 Å². The molecule has 1 amide bonds. The van der Waals surface area contributed by atoms with Crippen LogP contribution in [0.2, 0.25) is 0 Å². The Kier molecular flexibility index (Phi) is 3.46. The summed E-state index contributed by atoms with van der Waals surface area (Å²) in [5.74, 6) is -0.0734. The molecule has 0 aliphatic carbocycles. The monoisotopic (exact) mass is 243 g/mol. The van der Waals surface area contributed by atoms with Gasteiger partial charge in [-0.15, -0.1) is 0 Å². The Labute approximate surface area is 107 Å². The molecule has 94 valence electrons. The van der Waals surface area contributed by atoms with E-state index in [4.69, 9.17) is 0 Å². The molecule has 0 saturated heterocycles. The second kappa shape index (κ2) is 5.04. The lowest BCUT2D eigenvalue weighted by atomic mass is 10.1. The Bertz CT molecular complexity index is 533. The van der Waals surface area contributed by atoms with Crippen LogP contribution in [0, 0.1) is 6.92 Å². The Morgan fingerprint density at radius 2 is 2.00 bits per heavy atom. The van der Waals surface area contributed by atoms with Gasteiger partial charge in [0.25, 0.3) is 5.91 Å². The summed E-state index contributed by atoms with van der Waals surface area (Å²) in [6.45, 7) is 3.89. The first-order chi connectivity index (χ1) is 8.59. The van der Waals surface area contributed by atoms with E-state index in [-0.39, 0.29) is 11.9 Å². The van der Waals surface area contributed by atoms with E-state index >= 15 is 0 Å². The first-order valence-electron chi connectivity index (χ1n) is 5.93. The standard InChI is InChI=1S/C14H17N3O/c1-10-9-13(16-15-10)14(18)17(3)11(2)12-7-5-4-6-8-12/h4-9,11H,1-3H3,(H,15,16). The molecule has 0 saturated carbocycles. The van der Waals surface area contributed by atoms with Gasteiger partial charge >= 0.3 is 0 Å². The molecular formula is C14H17N3O. The maximum atomic E-state index is 12.2. The van der Waals surface area contributed by atoms with Crippen molar-refractivity contribution in [2.75, 3.05) is 7.05 Å². The molecule has 1 aromatic heterocycles. The van der Waals surface area contributed by atoms with Crippen LogP contribution in [0.4, 0.5) is 0 Å². The predicted molar refractivity (Wildman–Crippen MR) is 70.3 cm³/mol. The van der Waals surface area contributed by atoms with Crippen LogP contribution in [0.25, 0.3) is 0 Å². The Balaban J connectivity index is 2.16. The SMILES string of the molecule is Cc1cc(C(=O)N(C)C(C)c2ccccc2)n[nH]1. The Hall–Kier alpha value is -2.10. The highest BCUT2D eigenvalue weighted by Crippen LogP contribution is 2.19. The summed E-state index contributed by atoms with van der Waals surface area (Å²) in [4.78, 5) is 13.9. The quantitative estimate of drug-likeness (QED) is 0.900. The molecule has 4 heteroatoms. The number of aromatic amines is 1. The van der Waals surface area contributed by atoms with Gasteiger partial charge in [-0.25, -0.2) is 0 Å². The number of amides is 1. The fourth-order valence-electron chi connectivity index (χ4n) is 1.84. The molecule has 0 bridgehead atoms. The lowest BCUT2D eigenvalue weighted by Gasteiger charge is -2.24. The van der Waals surface area contributed by atoms with Gasteiger partial charge in [-0.05, 0) is 25.5 Å². The zero-order valence-corrected chi connectivity index (χ0v) is 10.8. The molecule has 1 aromatic carbocycles. The van der Waals surface area contributed by atoms with Gasteiger partial charge in [-0.3, -0.25) is 9.89 Å². The van der Waals surface area contributed by atoms with E-state index in [2.05, 4.69) is 10.2 Å². The van der Waals surface area contributed by atoms with Crippen molar-refractivity contribution in [1.29, 1.82) is 0 Å². The first kappa shape index (κ1) is 12.4. The fourth-order valence-corrected chi connectivity index (χ4v) is 1.84. The minimum absolute atomic E-state index is 0.0238. The number of aryl methyl sites for hydroxylation is 1. The van der Waals surface area contributed by atoms with Crippen LogP contribution >= 0.6 is 0 Å². The highest BCUT2D eigenvalue weighted by atomic mass is 16.2. The number of aromatic nitrogens is 2. The number of hydrogen-bond donors (Lipinski definition) is 1. The van der Waals surface area contributed by atoms with Crippen LogP contribution in [0.15, 0.2) is 36.4 Å². The molecule has 18 heavy (non-hydrogen) atoms. The highest BCUT2D eigenvalue weighted by Gasteiger charge is 2.20. The third kappa shape index (κ3) is 2.42. The van der Waals surface area contributed by atoms with Crippen molar-refractivity contribution in [3.05, 3.63) is 53.3 Å². The van der Waals surface area contributed by atoms with E-state index < -0.39 is 0 Å². The molecule has 4 nitrogen and oxygen atoms in total. The van der Waals surface area contributed by atoms with Crippen LogP contribution in [0.5, 0.6) is 0 Å². The van der Waals surface area contributed by atoms with E-state index in [0.29, 0.717) is 5.69 Å². The van der Waals surface area contributed by atoms with Crippen LogP contribution < -0.4 is 0 Å². The number of nitrogens with zero attached hydrogens (tertiary/aromatic N) is 2. The Morgan fingerprint density at radius 3 is 2.56 bits per heavy atom. The van der Waals surface area contributed by atoms with Gasteiger partial charge in [-0.1, -0.05) is 30.3 Å². The molecule has 0 spiro atoms. The molecule has 0 aliphatic rings. The number of carbonyl (C=O) groups excluding carboxylic acids is 1. The van der Waals surface area contributed by atoms with Crippen molar-refractivity contribution in [1.82, 2.24) is 15.1 Å². The van der Waals surface area contributed by atoms with Gasteiger partial charge in [-0.2, -0.15) is 5.10 Å². The van der Waals surface area contributed by atoms with Crippen molar-refractivity contribution in [2.45, 2.75) is 19.9 Å². The second-order valence-corrected chi connectivity index (χ2v) is 4.44. The summed E-state index contributed by atoms with van der Waals surface area (Å²) in [5, 5.41) is 6.78. The molecule has 2 rings (SSSR count). The zero-order valence-electron chi connectivity index (χ0n) is 10.8. The second-order valence-electron chi connectivity index (χ2n) is 4.44. The summed E-state index contributed by atoms with van der Waals surface area (Å²) in [6, 6.07) is 11.7. The molecule has 2 aromatic rings. The van der Waals surface area contributed by atoms with Crippen molar-refractivity contribution in [3.8, 4) is 0 Å². The summed E-state index contributed by atoms with van der Waals surface area (Å²) in [7, 11) is 1.80. The van der Waals surface area contributed by atoms with Crippen LogP contribution in [0.1, 0.15) is 34.7 Å². The maximum Gasteiger partial charge on any atom is 0.274 e. The summed E-state index contributed by atoms with van der Waals surface area (Å²) >= 11 is 0. The van der Waals surface area contributed by atoms with Gasteiger partial charge in [0.05, 0.1) is 6.04 Å². The van der Waals surface area contributed by atoms with Crippen molar-refractivity contribution < 1.29 is 4.79 Å². The molecule has 0 radical (unpaired) electrons. The number of H-pyrrole nitrogens is 1. The minimum Gasteiger partial charge on any atom is -0.334 e. The molecule has 1 unspecified atom stereocenters. The first-order valence-corrected chi connectivity index (χ1v) is 5.93. The van der Waals surface area contributed by atoms with Crippen LogP contribution in [0.3, 0.4) is 0 Å². The number of benzene rings is 1. The minimum atomic E-state index is -0.0734. The zero-order chi connectivity index (χ0) is 13.1. The summed E-state index contributed by atoms with van der Waals surface area (Å²) in [6.07, 6.45) is 0. The Morgan fingerprint density at radius 1 is 1.33 bits per heavy atom. The molecule has 0 aliphatic heterocycles. The molecular weight excluding hydrogens is 226 g/mol. The van der Waals surface area contributed by atoms with E-state index in [1.807, 2.05) is 44.2 Å². The molecule has 1 atom stereocenters. The van der Waals surface area contributed by atoms with E-state index in [0.717, 1.165) is 11.3 Å². The topological polar surface area (TPSA) is 49.0 Å². The average molecular weight is 243 g/mol. The predicted octanol–water partition coefficient (Wildman–Crippen LogP) is 2.55. The highest BCUT2D eigenvalue weighted by molar-refractivity contribution is 5.92. The maximum absolute atomic E-state index is 12.2. The van der Waals surface area contributed by atoms with E-state index in [1.54, 1.807) is 18.0 Å². The lowest BCUT2D eigenvalue weighted by molar-refractivity contribution is 0.0736. The van der Waals surface area contributed by atoms with Crippen molar-refractivity contribution in [3.63, 3.8) is 0 Å². The largest absolute Gasteiger partial charge is 0.334 e. The summed E-state index contributed by atoms with van der Waals surface area (Å²) in [5.41, 5.74) is 2.46. The molecule has 1 N–H and O–H groups in total. The van der Waals surface area contributed by atoms with Crippen LogP contribution in [-0.4, -0.2) is 28.1 Å².